The number of carbonyl (C=O) groups excluding carboxylic acids is 1. The van der Waals surface area contributed by atoms with Crippen molar-refractivity contribution >= 4 is 17.7 Å². The van der Waals surface area contributed by atoms with Crippen molar-refractivity contribution in [1.29, 1.82) is 0 Å². The van der Waals surface area contributed by atoms with Crippen LogP contribution in [0.2, 0.25) is 0 Å². The Labute approximate surface area is 158 Å². The molecule has 1 aromatic heterocycles. The summed E-state index contributed by atoms with van der Waals surface area (Å²) in [5, 5.41) is 10.0. The van der Waals surface area contributed by atoms with Gasteiger partial charge in [-0.2, -0.15) is 0 Å². The molecule has 146 valence electrons. The Hall–Kier alpha value is -2.22. The highest BCUT2D eigenvalue weighted by Gasteiger charge is 2.59. The molecule has 1 aliphatic carbocycles. The molecule has 2 unspecified atom stereocenters. The molecule has 0 spiro atoms. The molecule has 4 rings (SSSR count). The normalized spacial score (nSPS) is 28.0. The van der Waals surface area contributed by atoms with Crippen LogP contribution in [0.5, 0.6) is 0 Å². The number of rotatable bonds is 5. The number of amides is 1. The van der Waals surface area contributed by atoms with Crippen LogP contribution < -0.4 is 4.90 Å². The van der Waals surface area contributed by atoms with Gasteiger partial charge in [0.1, 0.15) is 17.6 Å². The molecule has 8 heteroatoms. The largest absolute Gasteiger partial charge is 0.481 e. The minimum Gasteiger partial charge on any atom is -0.481 e. The molecule has 0 radical (unpaired) electrons. The Morgan fingerprint density at radius 3 is 2.70 bits per heavy atom. The Bertz CT molecular complexity index is 736. The maximum atomic E-state index is 12.8. The number of fused-ring (bicyclic) bond motifs is 1. The number of aliphatic carboxylic acids is 1. The van der Waals surface area contributed by atoms with Crippen molar-refractivity contribution in [1.82, 2.24) is 14.9 Å². The van der Waals surface area contributed by atoms with E-state index in [0.29, 0.717) is 32.8 Å². The van der Waals surface area contributed by atoms with Gasteiger partial charge in [0.25, 0.3) is 0 Å². The Morgan fingerprint density at radius 1 is 1.26 bits per heavy atom. The number of carboxylic acids is 1. The molecule has 3 heterocycles. The summed E-state index contributed by atoms with van der Waals surface area (Å²) in [6, 6.07) is 1.85. The van der Waals surface area contributed by atoms with Gasteiger partial charge in [0, 0.05) is 51.2 Å². The van der Waals surface area contributed by atoms with Crippen LogP contribution in [0.1, 0.15) is 31.4 Å². The van der Waals surface area contributed by atoms with Crippen LogP contribution in [0.4, 0.5) is 5.82 Å². The average Bonchev–Trinajstić information content (AvgIpc) is 3.36. The van der Waals surface area contributed by atoms with Crippen LogP contribution in [-0.4, -0.2) is 65.1 Å². The molecule has 1 saturated carbocycles. The Balaban J connectivity index is 1.51. The molecule has 0 bridgehead atoms. The third-order valence-electron chi connectivity index (χ3n) is 6.38. The van der Waals surface area contributed by atoms with Gasteiger partial charge in [0.05, 0.1) is 12.3 Å². The lowest BCUT2D eigenvalue weighted by Gasteiger charge is -2.27. The number of nitrogens with zero attached hydrogens (tertiary/aromatic N) is 4. The summed E-state index contributed by atoms with van der Waals surface area (Å²) in [7, 11) is 1.61. The van der Waals surface area contributed by atoms with Crippen molar-refractivity contribution in [2.24, 2.45) is 17.3 Å². The zero-order valence-corrected chi connectivity index (χ0v) is 15.6. The molecule has 3 fully saturated rings. The van der Waals surface area contributed by atoms with Gasteiger partial charge in [0.15, 0.2) is 0 Å². The molecule has 8 nitrogen and oxygen atoms in total. The molecule has 2 atom stereocenters. The van der Waals surface area contributed by atoms with Crippen LogP contribution in [0.3, 0.4) is 0 Å². The van der Waals surface area contributed by atoms with Crippen molar-refractivity contribution in [2.75, 3.05) is 38.2 Å². The molecular formula is C19H26N4O4. The van der Waals surface area contributed by atoms with Crippen LogP contribution in [0, 0.1) is 17.3 Å². The van der Waals surface area contributed by atoms with Gasteiger partial charge in [-0.25, -0.2) is 9.97 Å². The monoisotopic (exact) mass is 374 g/mol. The molecule has 2 saturated heterocycles. The van der Waals surface area contributed by atoms with Gasteiger partial charge in [0.2, 0.25) is 5.91 Å². The molecule has 2 aliphatic heterocycles. The lowest BCUT2D eigenvalue weighted by Crippen LogP contribution is -2.43. The topological polar surface area (TPSA) is 95.9 Å². The van der Waals surface area contributed by atoms with E-state index in [0.717, 1.165) is 37.2 Å². The highest BCUT2D eigenvalue weighted by atomic mass is 16.5. The van der Waals surface area contributed by atoms with Crippen LogP contribution >= 0.6 is 0 Å². The Morgan fingerprint density at radius 2 is 2.04 bits per heavy atom. The smallest absolute Gasteiger partial charge is 0.313 e. The summed E-state index contributed by atoms with van der Waals surface area (Å²) in [5.41, 5.74) is -0.150. The van der Waals surface area contributed by atoms with E-state index in [1.165, 1.54) is 6.33 Å². The zero-order valence-electron chi connectivity index (χ0n) is 15.6. The second-order valence-corrected chi connectivity index (χ2v) is 8.04. The number of aromatic nitrogens is 2. The predicted octanol–water partition coefficient (Wildman–Crippen LogP) is 1.16. The molecular weight excluding hydrogens is 348 g/mol. The number of anilines is 1. The molecule has 3 aliphatic rings. The van der Waals surface area contributed by atoms with E-state index in [1.807, 2.05) is 15.9 Å². The van der Waals surface area contributed by atoms with E-state index < -0.39 is 11.4 Å². The minimum atomic E-state index is -0.916. The van der Waals surface area contributed by atoms with E-state index in [4.69, 9.17) is 4.74 Å². The Kier molecular flexibility index (Phi) is 4.75. The van der Waals surface area contributed by atoms with Crippen LogP contribution in [0.15, 0.2) is 12.4 Å². The number of carbonyl (C=O) groups is 2. The first kappa shape index (κ1) is 18.2. The fourth-order valence-corrected chi connectivity index (χ4v) is 4.93. The van der Waals surface area contributed by atoms with Crippen molar-refractivity contribution < 1.29 is 19.4 Å². The zero-order chi connectivity index (χ0) is 19.0. The summed E-state index contributed by atoms with van der Waals surface area (Å²) in [6.45, 7) is 2.17. The van der Waals surface area contributed by atoms with Crippen molar-refractivity contribution in [3.05, 3.63) is 18.1 Å². The number of likely N-dealkylation sites (tertiary alicyclic amines) is 1. The van der Waals surface area contributed by atoms with Crippen molar-refractivity contribution in [2.45, 2.75) is 32.3 Å². The number of methoxy groups -OCH3 is 1. The minimum absolute atomic E-state index is 0.0822. The summed E-state index contributed by atoms with van der Waals surface area (Å²) in [6.07, 6.45) is 5.57. The molecule has 1 N–H and O–H groups in total. The van der Waals surface area contributed by atoms with E-state index in [-0.39, 0.29) is 17.7 Å². The predicted molar refractivity (Wildman–Crippen MR) is 97.1 cm³/mol. The summed E-state index contributed by atoms with van der Waals surface area (Å²) < 4.78 is 5.12. The summed E-state index contributed by atoms with van der Waals surface area (Å²) >= 11 is 0. The first-order valence-electron chi connectivity index (χ1n) is 9.60. The van der Waals surface area contributed by atoms with Crippen molar-refractivity contribution in [3.8, 4) is 0 Å². The lowest BCUT2D eigenvalue weighted by molar-refractivity contribution is -0.148. The van der Waals surface area contributed by atoms with Gasteiger partial charge < -0.3 is 19.6 Å². The molecule has 1 amide bonds. The fourth-order valence-electron chi connectivity index (χ4n) is 4.93. The maximum Gasteiger partial charge on any atom is 0.313 e. The quantitative estimate of drug-likeness (QED) is 0.826. The number of carboxylic acid groups (broad SMARTS) is 1. The maximum absolute atomic E-state index is 12.8. The van der Waals surface area contributed by atoms with Crippen LogP contribution in [0.25, 0.3) is 0 Å². The molecule has 1 aromatic rings. The van der Waals surface area contributed by atoms with E-state index in [1.54, 1.807) is 7.11 Å². The summed E-state index contributed by atoms with van der Waals surface area (Å²) in [5.74, 6) is 0.0626. The number of hydrogen-bond donors (Lipinski definition) is 1. The number of hydrogen-bond acceptors (Lipinski definition) is 6. The second-order valence-electron chi connectivity index (χ2n) is 8.04. The fraction of sp³-hybridized carbons (Fsp3) is 0.684. The first-order chi connectivity index (χ1) is 13.0. The molecule has 27 heavy (non-hydrogen) atoms. The highest BCUT2D eigenvalue weighted by Crippen LogP contribution is 2.45. The van der Waals surface area contributed by atoms with E-state index in [9.17, 15) is 14.7 Å². The van der Waals surface area contributed by atoms with Gasteiger partial charge in [-0.05, 0) is 12.8 Å². The third-order valence-corrected chi connectivity index (χ3v) is 6.38. The van der Waals surface area contributed by atoms with Gasteiger partial charge >= 0.3 is 5.97 Å². The van der Waals surface area contributed by atoms with Gasteiger partial charge in [-0.3, -0.25) is 9.59 Å². The molecule has 0 aromatic carbocycles. The SMILES string of the molecule is COCc1cc(N2CC3CN(C(=O)C4CCCC4)CC3(C(=O)O)C2)ncn1. The average molecular weight is 374 g/mol. The van der Waals surface area contributed by atoms with E-state index >= 15 is 0 Å². The summed E-state index contributed by atoms with van der Waals surface area (Å²) in [4.78, 5) is 37.3. The van der Waals surface area contributed by atoms with Crippen molar-refractivity contribution in [3.63, 3.8) is 0 Å². The van der Waals surface area contributed by atoms with Gasteiger partial charge in [-0.1, -0.05) is 12.8 Å². The first-order valence-corrected chi connectivity index (χ1v) is 9.60. The number of ether oxygens (including phenoxy) is 1. The van der Waals surface area contributed by atoms with Gasteiger partial charge in [-0.15, -0.1) is 0 Å². The van der Waals surface area contributed by atoms with Crippen LogP contribution in [-0.2, 0) is 20.9 Å². The highest BCUT2D eigenvalue weighted by molar-refractivity contribution is 5.83. The lowest BCUT2D eigenvalue weighted by atomic mass is 9.81. The van der Waals surface area contributed by atoms with E-state index in [2.05, 4.69) is 9.97 Å². The standard InChI is InChI=1S/C19H26N4O4/c1-27-9-15-6-16(21-12-20-15)22-7-14-8-23(11-19(14,10-22)18(25)26)17(24)13-4-2-3-5-13/h6,12-14H,2-5,7-11H2,1H3,(H,25,26). The second kappa shape index (κ2) is 7.07. The third kappa shape index (κ3) is 3.16.